The van der Waals surface area contributed by atoms with E-state index >= 15 is 0 Å². The maximum Gasteiger partial charge on any atom is 0.228 e. The summed E-state index contributed by atoms with van der Waals surface area (Å²) in [6.07, 6.45) is 1.64. The number of amides is 1. The standard InChI is InChI=1S/C16H22N2O2/c1-11(12-7-8-20-10-12)17-14-9-16(19)18(2)15-6-4-3-5-13(14)15/h3-6,11-12,14,17H,7-10H2,1-2H3. The molecule has 1 amide bonds. The zero-order valence-corrected chi connectivity index (χ0v) is 12.1. The van der Waals surface area contributed by atoms with Gasteiger partial charge in [0.2, 0.25) is 5.91 Å². The predicted octanol–water partition coefficient (Wildman–Crippen LogP) is 2.11. The average Bonchev–Trinajstić information content (AvgIpc) is 2.99. The number of ether oxygens (including phenoxy) is 1. The Morgan fingerprint density at radius 2 is 2.20 bits per heavy atom. The number of nitrogens with one attached hydrogen (secondary N) is 1. The number of carbonyl (C=O) groups excluding carboxylic acids is 1. The highest BCUT2D eigenvalue weighted by Gasteiger charge is 2.31. The fourth-order valence-electron chi connectivity index (χ4n) is 3.19. The van der Waals surface area contributed by atoms with Crippen molar-refractivity contribution in [2.75, 3.05) is 25.2 Å². The van der Waals surface area contributed by atoms with Gasteiger partial charge in [-0.25, -0.2) is 0 Å². The van der Waals surface area contributed by atoms with E-state index in [9.17, 15) is 4.79 Å². The normalized spacial score (nSPS) is 27.5. The third kappa shape index (κ3) is 2.45. The van der Waals surface area contributed by atoms with Crippen LogP contribution in [0.3, 0.4) is 0 Å². The van der Waals surface area contributed by atoms with Crippen LogP contribution in [0.4, 0.5) is 5.69 Å². The maximum absolute atomic E-state index is 12.1. The first-order valence-electron chi connectivity index (χ1n) is 7.36. The van der Waals surface area contributed by atoms with Crippen molar-refractivity contribution in [1.29, 1.82) is 0 Å². The lowest BCUT2D eigenvalue weighted by Crippen LogP contribution is -2.43. The van der Waals surface area contributed by atoms with Gasteiger partial charge in [0.15, 0.2) is 0 Å². The summed E-state index contributed by atoms with van der Waals surface area (Å²) >= 11 is 0. The van der Waals surface area contributed by atoms with Gasteiger partial charge in [0.1, 0.15) is 0 Å². The van der Waals surface area contributed by atoms with Gasteiger partial charge in [-0.3, -0.25) is 4.79 Å². The highest BCUT2D eigenvalue weighted by atomic mass is 16.5. The summed E-state index contributed by atoms with van der Waals surface area (Å²) in [7, 11) is 1.85. The Labute approximate surface area is 120 Å². The third-order valence-corrected chi connectivity index (χ3v) is 4.56. The molecule has 0 bridgehead atoms. The largest absolute Gasteiger partial charge is 0.381 e. The van der Waals surface area contributed by atoms with Gasteiger partial charge in [0.05, 0.1) is 6.61 Å². The molecule has 3 rings (SSSR count). The van der Waals surface area contributed by atoms with E-state index in [2.05, 4.69) is 18.3 Å². The van der Waals surface area contributed by atoms with E-state index in [0.29, 0.717) is 18.4 Å². The Morgan fingerprint density at radius 3 is 2.95 bits per heavy atom. The van der Waals surface area contributed by atoms with Gasteiger partial charge in [-0.1, -0.05) is 18.2 Å². The van der Waals surface area contributed by atoms with Crippen LogP contribution in [0.25, 0.3) is 0 Å². The molecule has 2 aliphatic heterocycles. The number of anilines is 1. The van der Waals surface area contributed by atoms with Crippen LogP contribution in [0.15, 0.2) is 24.3 Å². The lowest BCUT2D eigenvalue weighted by atomic mass is 9.93. The van der Waals surface area contributed by atoms with Crippen LogP contribution in [-0.4, -0.2) is 32.2 Å². The molecular formula is C16H22N2O2. The van der Waals surface area contributed by atoms with E-state index in [4.69, 9.17) is 4.74 Å². The van der Waals surface area contributed by atoms with E-state index in [-0.39, 0.29) is 11.9 Å². The number of rotatable bonds is 3. The summed E-state index contributed by atoms with van der Waals surface area (Å²) in [5.74, 6) is 0.730. The first-order valence-corrected chi connectivity index (χ1v) is 7.36. The van der Waals surface area contributed by atoms with Crippen molar-refractivity contribution in [3.8, 4) is 0 Å². The van der Waals surface area contributed by atoms with Crippen LogP contribution in [0.2, 0.25) is 0 Å². The van der Waals surface area contributed by atoms with Crippen LogP contribution in [0, 0.1) is 5.92 Å². The number of hydrogen-bond acceptors (Lipinski definition) is 3. The molecule has 0 radical (unpaired) electrons. The van der Waals surface area contributed by atoms with Gasteiger partial charge in [-0.15, -0.1) is 0 Å². The Morgan fingerprint density at radius 1 is 1.40 bits per heavy atom. The molecule has 2 heterocycles. The van der Waals surface area contributed by atoms with Crippen molar-refractivity contribution < 1.29 is 9.53 Å². The quantitative estimate of drug-likeness (QED) is 0.918. The number of carbonyl (C=O) groups is 1. The van der Waals surface area contributed by atoms with Crippen molar-refractivity contribution in [3.05, 3.63) is 29.8 Å². The van der Waals surface area contributed by atoms with Crippen molar-refractivity contribution in [2.45, 2.75) is 31.8 Å². The average molecular weight is 274 g/mol. The number of benzene rings is 1. The molecule has 0 aliphatic carbocycles. The molecular weight excluding hydrogens is 252 g/mol. The first-order chi connectivity index (χ1) is 9.66. The molecule has 2 aliphatic rings. The van der Waals surface area contributed by atoms with Crippen molar-refractivity contribution in [2.24, 2.45) is 5.92 Å². The summed E-state index contributed by atoms with van der Waals surface area (Å²) < 4.78 is 5.46. The van der Waals surface area contributed by atoms with E-state index in [1.54, 1.807) is 4.90 Å². The molecule has 108 valence electrons. The van der Waals surface area contributed by atoms with Gasteiger partial charge < -0.3 is 15.0 Å². The molecule has 0 saturated carbocycles. The molecule has 4 heteroatoms. The van der Waals surface area contributed by atoms with Crippen molar-refractivity contribution >= 4 is 11.6 Å². The Kier molecular flexibility index (Phi) is 3.76. The molecule has 1 N–H and O–H groups in total. The van der Waals surface area contributed by atoms with Crippen LogP contribution in [0.5, 0.6) is 0 Å². The van der Waals surface area contributed by atoms with Gasteiger partial charge in [0.25, 0.3) is 0 Å². The van der Waals surface area contributed by atoms with Crippen molar-refractivity contribution in [3.63, 3.8) is 0 Å². The second kappa shape index (κ2) is 5.54. The Balaban J connectivity index is 1.79. The smallest absolute Gasteiger partial charge is 0.228 e. The minimum absolute atomic E-state index is 0.116. The third-order valence-electron chi connectivity index (χ3n) is 4.56. The van der Waals surface area contributed by atoms with E-state index in [1.807, 2.05) is 25.2 Å². The van der Waals surface area contributed by atoms with Gasteiger partial charge >= 0.3 is 0 Å². The lowest BCUT2D eigenvalue weighted by Gasteiger charge is -2.34. The van der Waals surface area contributed by atoms with Gasteiger partial charge in [-0.05, 0) is 30.9 Å². The van der Waals surface area contributed by atoms with Gasteiger partial charge in [0, 0.05) is 37.8 Å². The number of nitrogens with zero attached hydrogens (tertiary/aromatic N) is 1. The fraction of sp³-hybridized carbons (Fsp3) is 0.562. The van der Waals surface area contributed by atoms with E-state index in [0.717, 1.165) is 25.3 Å². The lowest BCUT2D eigenvalue weighted by molar-refractivity contribution is -0.119. The van der Waals surface area contributed by atoms with Crippen LogP contribution in [-0.2, 0) is 9.53 Å². The summed E-state index contributed by atoms with van der Waals surface area (Å²) in [5.41, 5.74) is 2.25. The molecule has 0 aromatic heterocycles. The summed E-state index contributed by atoms with van der Waals surface area (Å²) in [5, 5.41) is 3.64. The summed E-state index contributed by atoms with van der Waals surface area (Å²) in [6.45, 7) is 3.89. The Hall–Kier alpha value is -1.39. The number of hydrogen-bond donors (Lipinski definition) is 1. The second-order valence-electron chi connectivity index (χ2n) is 5.85. The molecule has 1 aromatic carbocycles. The van der Waals surface area contributed by atoms with E-state index in [1.165, 1.54) is 5.56 Å². The molecule has 3 unspecified atom stereocenters. The Bertz CT molecular complexity index is 497. The molecule has 0 spiro atoms. The van der Waals surface area contributed by atoms with Crippen molar-refractivity contribution in [1.82, 2.24) is 5.32 Å². The van der Waals surface area contributed by atoms with Crippen LogP contribution in [0.1, 0.15) is 31.4 Å². The molecule has 20 heavy (non-hydrogen) atoms. The SMILES string of the molecule is CC(NC1CC(=O)N(C)c2ccccc21)C1CCOC1. The molecule has 1 aromatic rings. The maximum atomic E-state index is 12.1. The summed E-state index contributed by atoms with van der Waals surface area (Å²) in [6, 6.07) is 8.65. The van der Waals surface area contributed by atoms with Gasteiger partial charge in [-0.2, -0.15) is 0 Å². The molecule has 3 atom stereocenters. The minimum Gasteiger partial charge on any atom is -0.381 e. The first kappa shape index (κ1) is 13.6. The number of fused-ring (bicyclic) bond motifs is 1. The zero-order chi connectivity index (χ0) is 14.1. The van der Waals surface area contributed by atoms with Crippen LogP contribution < -0.4 is 10.2 Å². The highest BCUT2D eigenvalue weighted by molar-refractivity contribution is 5.96. The fourth-order valence-corrected chi connectivity index (χ4v) is 3.19. The highest BCUT2D eigenvalue weighted by Crippen LogP contribution is 2.34. The monoisotopic (exact) mass is 274 g/mol. The zero-order valence-electron chi connectivity index (χ0n) is 12.1. The number of para-hydroxylation sites is 1. The topological polar surface area (TPSA) is 41.6 Å². The minimum atomic E-state index is 0.116. The molecule has 4 nitrogen and oxygen atoms in total. The molecule has 1 fully saturated rings. The predicted molar refractivity (Wildman–Crippen MR) is 78.7 cm³/mol. The molecule has 1 saturated heterocycles. The summed E-state index contributed by atoms with van der Waals surface area (Å²) in [4.78, 5) is 13.9. The van der Waals surface area contributed by atoms with Crippen LogP contribution >= 0.6 is 0 Å². The second-order valence-corrected chi connectivity index (χ2v) is 5.85. The van der Waals surface area contributed by atoms with E-state index < -0.39 is 0 Å².